The number of nitrogens with zero attached hydrogens (tertiary/aromatic N) is 4. The van der Waals surface area contributed by atoms with Crippen LogP contribution in [0.5, 0.6) is 0 Å². The zero-order valence-electron chi connectivity index (χ0n) is 15.7. The predicted octanol–water partition coefficient (Wildman–Crippen LogP) is 1.48. The van der Waals surface area contributed by atoms with Crippen LogP contribution in [0.25, 0.3) is 0 Å². The molecule has 27 heavy (non-hydrogen) atoms. The predicted molar refractivity (Wildman–Crippen MR) is 107 cm³/mol. The van der Waals surface area contributed by atoms with Gasteiger partial charge in [-0.25, -0.2) is 0 Å². The molecule has 8 nitrogen and oxygen atoms in total. The van der Waals surface area contributed by atoms with E-state index in [0.29, 0.717) is 36.2 Å². The number of rotatable bonds is 9. The first-order valence-electron chi connectivity index (χ1n) is 9.07. The Labute approximate surface area is 164 Å². The van der Waals surface area contributed by atoms with Crippen LogP contribution >= 0.6 is 11.6 Å². The molecule has 2 aromatic rings. The highest BCUT2D eigenvalue weighted by Crippen LogP contribution is 2.14. The van der Waals surface area contributed by atoms with E-state index in [4.69, 9.17) is 11.6 Å². The molecule has 1 heterocycles. The third-order valence-electron chi connectivity index (χ3n) is 3.79. The molecule has 1 aromatic carbocycles. The zero-order chi connectivity index (χ0) is 19.5. The topological polar surface area (TPSA) is 96.2 Å². The van der Waals surface area contributed by atoms with Crippen LogP contribution in [0.3, 0.4) is 0 Å². The molecule has 0 unspecified atom stereocenters. The molecule has 0 bridgehead atoms. The van der Waals surface area contributed by atoms with Gasteiger partial charge >= 0.3 is 0 Å². The van der Waals surface area contributed by atoms with E-state index >= 15 is 0 Å². The summed E-state index contributed by atoms with van der Waals surface area (Å²) in [6, 6.07) is 6.97. The fraction of sp³-hybridized carbons (Fsp3) is 0.444. The Hall–Kier alpha value is -2.61. The number of guanidine groups is 1. The van der Waals surface area contributed by atoms with Crippen LogP contribution in [0, 0.1) is 0 Å². The van der Waals surface area contributed by atoms with Gasteiger partial charge in [0.2, 0.25) is 0 Å². The minimum Gasteiger partial charge on any atom is -0.357 e. The van der Waals surface area contributed by atoms with Crippen molar-refractivity contribution in [2.24, 2.45) is 4.99 Å². The Morgan fingerprint density at radius 3 is 2.74 bits per heavy atom. The summed E-state index contributed by atoms with van der Waals surface area (Å²) in [5, 5.41) is 17.7. The van der Waals surface area contributed by atoms with Gasteiger partial charge in [-0.15, -0.1) is 10.2 Å². The molecule has 0 radical (unpaired) electrons. The van der Waals surface area contributed by atoms with Crippen molar-refractivity contribution in [3.63, 3.8) is 0 Å². The standard InChI is InChI=1S/C18H26ClN7O/c1-3-16-25-24-13-26(16)12-11-23-18(20-4-2)22-10-9-21-17(27)14-7-5-6-8-15(14)19/h5-8,13H,3-4,9-12H2,1-2H3,(H,21,27)(H2,20,22,23). The minimum absolute atomic E-state index is 0.200. The van der Waals surface area contributed by atoms with Crippen LogP contribution in [-0.4, -0.2) is 52.8 Å². The van der Waals surface area contributed by atoms with Gasteiger partial charge < -0.3 is 20.5 Å². The van der Waals surface area contributed by atoms with Crippen molar-refractivity contribution < 1.29 is 4.79 Å². The number of benzene rings is 1. The number of aromatic nitrogens is 3. The van der Waals surface area contributed by atoms with E-state index in [2.05, 4.69) is 38.1 Å². The van der Waals surface area contributed by atoms with E-state index in [0.717, 1.165) is 25.3 Å². The highest BCUT2D eigenvalue weighted by atomic mass is 35.5. The molecular formula is C18H26ClN7O. The summed E-state index contributed by atoms with van der Waals surface area (Å²) in [5.41, 5.74) is 0.467. The third kappa shape index (κ3) is 6.56. The van der Waals surface area contributed by atoms with Gasteiger partial charge in [0.1, 0.15) is 12.2 Å². The number of aliphatic imine (C=N–C) groups is 1. The normalized spacial score (nSPS) is 11.3. The molecule has 0 spiro atoms. The quantitative estimate of drug-likeness (QED) is 0.342. The van der Waals surface area contributed by atoms with E-state index in [-0.39, 0.29) is 5.91 Å². The number of nitrogens with one attached hydrogen (secondary N) is 3. The number of hydrogen-bond acceptors (Lipinski definition) is 4. The second-order valence-corrected chi connectivity index (χ2v) is 6.12. The second kappa shape index (κ2) is 11.2. The SMILES string of the molecule is CCNC(=NCCNC(=O)c1ccccc1Cl)NCCn1cnnc1CC. The maximum Gasteiger partial charge on any atom is 0.252 e. The van der Waals surface area contributed by atoms with Gasteiger partial charge in [-0.2, -0.15) is 0 Å². The Bertz CT molecular complexity index is 760. The summed E-state index contributed by atoms with van der Waals surface area (Å²) in [6.45, 7) is 7.14. The molecule has 2 rings (SSSR count). The molecule has 9 heteroatoms. The van der Waals surface area contributed by atoms with E-state index < -0.39 is 0 Å². The van der Waals surface area contributed by atoms with Crippen molar-refractivity contribution in [3.8, 4) is 0 Å². The lowest BCUT2D eigenvalue weighted by Crippen LogP contribution is -2.39. The first kappa shape index (κ1) is 20.7. The average Bonchev–Trinajstić information content (AvgIpc) is 3.12. The molecule has 1 aromatic heterocycles. The van der Waals surface area contributed by atoms with Crippen LogP contribution in [0.15, 0.2) is 35.6 Å². The van der Waals surface area contributed by atoms with Crippen molar-refractivity contribution in [2.75, 3.05) is 26.2 Å². The van der Waals surface area contributed by atoms with Gasteiger partial charge in [0.15, 0.2) is 5.96 Å². The molecule has 0 aliphatic rings. The van der Waals surface area contributed by atoms with Crippen LogP contribution in [-0.2, 0) is 13.0 Å². The van der Waals surface area contributed by atoms with Gasteiger partial charge in [-0.1, -0.05) is 30.7 Å². The summed E-state index contributed by atoms with van der Waals surface area (Å²) < 4.78 is 2.01. The summed E-state index contributed by atoms with van der Waals surface area (Å²) in [7, 11) is 0. The molecule has 146 valence electrons. The van der Waals surface area contributed by atoms with E-state index in [1.54, 1.807) is 30.6 Å². The Kier molecular flexibility index (Phi) is 8.57. The summed E-state index contributed by atoms with van der Waals surface area (Å²) >= 11 is 6.03. The van der Waals surface area contributed by atoms with Crippen molar-refractivity contribution in [1.82, 2.24) is 30.7 Å². The van der Waals surface area contributed by atoms with Crippen molar-refractivity contribution in [3.05, 3.63) is 47.0 Å². The lowest BCUT2D eigenvalue weighted by Gasteiger charge is -2.12. The molecule has 0 saturated carbocycles. The smallest absolute Gasteiger partial charge is 0.252 e. The highest BCUT2D eigenvalue weighted by molar-refractivity contribution is 6.33. The van der Waals surface area contributed by atoms with Crippen molar-refractivity contribution in [2.45, 2.75) is 26.8 Å². The minimum atomic E-state index is -0.200. The molecule has 0 fully saturated rings. The van der Waals surface area contributed by atoms with E-state index in [1.165, 1.54) is 0 Å². The van der Waals surface area contributed by atoms with Crippen LogP contribution in [0.2, 0.25) is 5.02 Å². The van der Waals surface area contributed by atoms with Crippen LogP contribution in [0.1, 0.15) is 30.0 Å². The Morgan fingerprint density at radius 1 is 1.19 bits per heavy atom. The van der Waals surface area contributed by atoms with Gasteiger partial charge in [-0.3, -0.25) is 9.79 Å². The van der Waals surface area contributed by atoms with Gasteiger partial charge in [0, 0.05) is 32.6 Å². The van der Waals surface area contributed by atoms with Gasteiger partial charge in [-0.05, 0) is 19.1 Å². The number of carbonyl (C=O) groups is 1. The van der Waals surface area contributed by atoms with E-state index in [1.807, 2.05) is 11.5 Å². The van der Waals surface area contributed by atoms with Gasteiger partial charge in [0.25, 0.3) is 5.91 Å². The first-order chi connectivity index (χ1) is 13.2. The van der Waals surface area contributed by atoms with Crippen LogP contribution in [0.4, 0.5) is 0 Å². The molecule has 1 amide bonds. The second-order valence-electron chi connectivity index (χ2n) is 5.72. The maximum absolute atomic E-state index is 12.1. The monoisotopic (exact) mass is 391 g/mol. The van der Waals surface area contributed by atoms with Crippen LogP contribution < -0.4 is 16.0 Å². The summed E-state index contributed by atoms with van der Waals surface area (Å²) in [5.74, 6) is 1.46. The zero-order valence-corrected chi connectivity index (χ0v) is 16.5. The Balaban J connectivity index is 1.77. The molecule has 0 atom stereocenters. The number of hydrogen-bond donors (Lipinski definition) is 3. The maximum atomic E-state index is 12.1. The number of carbonyl (C=O) groups excluding carboxylic acids is 1. The molecule has 0 saturated heterocycles. The molecule has 0 aliphatic carbocycles. The van der Waals surface area contributed by atoms with Crippen molar-refractivity contribution >= 4 is 23.5 Å². The molecular weight excluding hydrogens is 366 g/mol. The third-order valence-corrected chi connectivity index (χ3v) is 4.12. The number of halogens is 1. The largest absolute Gasteiger partial charge is 0.357 e. The average molecular weight is 392 g/mol. The summed E-state index contributed by atoms with van der Waals surface area (Å²) in [4.78, 5) is 16.6. The number of aryl methyl sites for hydroxylation is 1. The fourth-order valence-electron chi connectivity index (χ4n) is 2.45. The lowest BCUT2D eigenvalue weighted by atomic mass is 10.2. The fourth-order valence-corrected chi connectivity index (χ4v) is 2.68. The first-order valence-corrected chi connectivity index (χ1v) is 9.45. The number of amides is 1. The Morgan fingerprint density at radius 2 is 2.00 bits per heavy atom. The molecule has 0 aliphatic heterocycles. The molecule has 3 N–H and O–H groups in total. The van der Waals surface area contributed by atoms with Crippen molar-refractivity contribution in [1.29, 1.82) is 0 Å². The van der Waals surface area contributed by atoms with E-state index in [9.17, 15) is 4.79 Å². The lowest BCUT2D eigenvalue weighted by molar-refractivity contribution is 0.0955. The highest BCUT2D eigenvalue weighted by Gasteiger charge is 2.08. The summed E-state index contributed by atoms with van der Waals surface area (Å²) in [6.07, 6.45) is 2.58. The van der Waals surface area contributed by atoms with Gasteiger partial charge in [0.05, 0.1) is 17.1 Å².